The molecule has 5 N–H and O–H groups in total. The van der Waals surface area contributed by atoms with Crippen molar-refractivity contribution in [2.75, 3.05) is 6.61 Å². The first kappa shape index (κ1) is 9.88. The molecule has 1 heterocycles. The summed E-state index contributed by atoms with van der Waals surface area (Å²) in [5.41, 5.74) is 0. The molecule has 0 aromatic heterocycles. The summed E-state index contributed by atoms with van der Waals surface area (Å²) < 4.78 is 0. The van der Waals surface area contributed by atoms with E-state index in [1.165, 1.54) is 0 Å². The minimum atomic E-state index is -1.18. The molecule has 5 nitrogen and oxygen atoms in total. The lowest BCUT2D eigenvalue weighted by atomic mass is 9.91. The molecule has 0 bridgehead atoms. The van der Waals surface area contributed by atoms with E-state index in [4.69, 9.17) is 5.11 Å². The van der Waals surface area contributed by atoms with Crippen molar-refractivity contribution >= 4 is 0 Å². The van der Waals surface area contributed by atoms with Gasteiger partial charge in [-0.1, -0.05) is 0 Å². The Morgan fingerprint density at radius 3 is 2.17 bits per heavy atom. The molecule has 0 unspecified atom stereocenters. The van der Waals surface area contributed by atoms with E-state index in [1.54, 1.807) is 6.92 Å². The van der Waals surface area contributed by atoms with Gasteiger partial charge in [-0.3, -0.25) is 0 Å². The molecule has 1 aliphatic rings. The van der Waals surface area contributed by atoms with Crippen molar-refractivity contribution in [3.8, 4) is 0 Å². The Labute approximate surface area is 70.6 Å². The van der Waals surface area contributed by atoms with E-state index in [0.717, 1.165) is 0 Å². The second-order valence-corrected chi connectivity index (χ2v) is 3.22. The fourth-order valence-corrected chi connectivity index (χ4v) is 1.43. The van der Waals surface area contributed by atoms with Crippen LogP contribution in [-0.4, -0.2) is 57.4 Å². The molecule has 0 spiro atoms. The van der Waals surface area contributed by atoms with Crippen LogP contribution < -0.4 is 5.32 Å². The molecule has 0 amide bonds. The maximum Gasteiger partial charge on any atom is 0.109 e. The Morgan fingerprint density at radius 2 is 1.67 bits per heavy atom. The average Bonchev–Trinajstić information content (AvgIpc) is 2.08. The van der Waals surface area contributed by atoms with Crippen molar-refractivity contribution in [2.24, 2.45) is 0 Å². The van der Waals surface area contributed by atoms with Gasteiger partial charge in [0.05, 0.1) is 24.9 Å². The molecule has 1 saturated heterocycles. The second kappa shape index (κ2) is 3.68. The highest BCUT2D eigenvalue weighted by molar-refractivity contribution is 4.96. The number of nitrogens with one attached hydrogen (secondary N) is 1. The van der Waals surface area contributed by atoms with Gasteiger partial charge in [-0.25, -0.2) is 0 Å². The van der Waals surface area contributed by atoms with Crippen LogP contribution in [0.4, 0.5) is 0 Å². The standard InChI is InChI=1S/C7H15NO4/c1-3-5(10)7(12)6(11)4(2-9)8-3/h3-12H,2H2,1H3/t3-,4-,5-,6-,7-/m1/s1. The van der Waals surface area contributed by atoms with Crippen molar-refractivity contribution in [3.05, 3.63) is 0 Å². The van der Waals surface area contributed by atoms with Crippen LogP contribution in [0.2, 0.25) is 0 Å². The van der Waals surface area contributed by atoms with E-state index >= 15 is 0 Å². The topological polar surface area (TPSA) is 93.0 Å². The monoisotopic (exact) mass is 177 g/mol. The van der Waals surface area contributed by atoms with E-state index in [9.17, 15) is 15.3 Å². The zero-order valence-electron chi connectivity index (χ0n) is 6.88. The Balaban J connectivity index is 2.63. The van der Waals surface area contributed by atoms with Gasteiger partial charge in [-0.2, -0.15) is 0 Å². The van der Waals surface area contributed by atoms with Crippen LogP contribution in [0.1, 0.15) is 6.92 Å². The van der Waals surface area contributed by atoms with E-state index in [-0.39, 0.29) is 12.6 Å². The van der Waals surface area contributed by atoms with Gasteiger partial charge in [0.15, 0.2) is 0 Å². The highest BCUT2D eigenvalue weighted by Gasteiger charge is 2.39. The quantitative estimate of drug-likeness (QED) is 0.303. The van der Waals surface area contributed by atoms with E-state index < -0.39 is 24.4 Å². The molecular weight excluding hydrogens is 162 g/mol. The summed E-state index contributed by atoms with van der Waals surface area (Å²) in [4.78, 5) is 0. The molecule has 0 radical (unpaired) electrons. The summed E-state index contributed by atoms with van der Waals surface area (Å²) in [6.45, 7) is 1.43. The van der Waals surface area contributed by atoms with Gasteiger partial charge in [-0.05, 0) is 6.92 Å². The van der Waals surface area contributed by atoms with Crippen LogP contribution in [-0.2, 0) is 0 Å². The summed E-state index contributed by atoms with van der Waals surface area (Å²) >= 11 is 0. The molecule has 1 aliphatic heterocycles. The van der Waals surface area contributed by atoms with Gasteiger partial charge >= 0.3 is 0 Å². The minimum absolute atomic E-state index is 0.255. The number of rotatable bonds is 1. The molecule has 5 heteroatoms. The van der Waals surface area contributed by atoms with Crippen molar-refractivity contribution in [1.82, 2.24) is 5.32 Å². The van der Waals surface area contributed by atoms with Gasteiger partial charge < -0.3 is 25.7 Å². The molecule has 0 aromatic rings. The fourth-order valence-electron chi connectivity index (χ4n) is 1.43. The number of piperidine rings is 1. The predicted molar refractivity (Wildman–Crippen MR) is 41.5 cm³/mol. The van der Waals surface area contributed by atoms with E-state index in [2.05, 4.69) is 5.32 Å². The maximum atomic E-state index is 9.29. The lowest BCUT2D eigenvalue weighted by Gasteiger charge is -2.39. The summed E-state index contributed by atoms with van der Waals surface area (Å²) in [6.07, 6.45) is -3.28. The number of aliphatic hydroxyl groups excluding tert-OH is 4. The van der Waals surface area contributed by atoms with E-state index in [0.29, 0.717) is 0 Å². The zero-order chi connectivity index (χ0) is 9.30. The van der Waals surface area contributed by atoms with Gasteiger partial charge in [0.25, 0.3) is 0 Å². The van der Waals surface area contributed by atoms with Crippen LogP contribution >= 0.6 is 0 Å². The number of aliphatic hydroxyl groups is 4. The largest absolute Gasteiger partial charge is 0.395 e. The Morgan fingerprint density at radius 1 is 1.08 bits per heavy atom. The summed E-state index contributed by atoms with van der Waals surface area (Å²) in [5.74, 6) is 0. The molecule has 12 heavy (non-hydrogen) atoms. The molecule has 72 valence electrons. The molecule has 0 aromatic carbocycles. The SMILES string of the molecule is C[C@H]1N[C@H](CO)[C@@H](O)[C@H](O)[C@@H]1O. The van der Waals surface area contributed by atoms with Crippen molar-refractivity contribution < 1.29 is 20.4 Å². The molecular formula is C7H15NO4. The predicted octanol–water partition coefficient (Wildman–Crippen LogP) is -2.58. The summed E-state index contributed by atoms with van der Waals surface area (Å²) in [7, 11) is 0. The first-order valence-electron chi connectivity index (χ1n) is 3.99. The van der Waals surface area contributed by atoms with E-state index in [1.807, 2.05) is 0 Å². The molecule has 1 rings (SSSR count). The highest BCUT2D eigenvalue weighted by atomic mass is 16.4. The Kier molecular flexibility index (Phi) is 3.03. The Hall–Kier alpha value is -0.200. The first-order valence-corrected chi connectivity index (χ1v) is 3.99. The third kappa shape index (κ3) is 1.60. The van der Waals surface area contributed by atoms with Gasteiger partial charge in [-0.15, -0.1) is 0 Å². The fraction of sp³-hybridized carbons (Fsp3) is 1.00. The van der Waals surface area contributed by atoms with Crippen LogP contribution in [0, 0.1) is 0 Å². The Bertz CT molecular complexity index is 150. The van der Waals surface area contributed by atoms with Gasteiger partial charge in [0.1, 0.15) is 6.10 Å². The number of hydrogen-bond donors (Lipinski definition) is 5. The summed E-state index contributed by atoms with van der Waals surface area (Å²) in [5, 5.41) is 39.4. The van der Waals surface area contributed by atoms with Crippen molar-refractivity contribution in [1.29, 1.82) is 0 Å². The van der Waals surface area contributed by atoms with Crippen LogP contribution in [0.25, 0.3) is 0 Å². The smallest absolute Gasteiger partial charge is 0.109 e. The third-order valence-corrected chi connectivity index (χ3v) is 2.30. The zero-order valence-corrected chi connectivity index (χ0v) is 6.88. The maximum absolute atomic E-state index is 9.29. The highest BCUT2D eigenvalue weighted by Crippen LogP contribution is 2.14. The minimum Gasteiger partial charge on any atom is -0.395 e. The molecule has 0 saturated carbocycles. The third-order valence-electron chi connectivity index (χ3n) is 2.30. The van der Waals surface area contributed by atoms with Gasteiger partial charge in [0.2, 0.25) is 0 Å². The average molecular weight is 177 g/mol. The van der Waals surface area contributed by atoms with Crippen LogP contribution in [0.3, 0.4) is 0 Å². The normalized spacial score (nSPS) is 49.2. The van der Waals surface area contributed by atoms with Crippen molar-refractivity contribution in [3.63, 3.8) is 0 Å². The molecule has 5 atom stereocenters. The lowest BCUT2D eigenvalue weighted by Crippen LogP contribution is -2.64. The van der Waals surface area contributed by atoms with Gasteiger partial charge in [0, 0.05) is 6.04 Å². The van der Waals surface area contributed by atoms with Crippen LogP contribution in [0.5, 0.6) is 0 Å². The van der Waals surface area contributed by atoms with Crippen molar-refractivity contribution in [2.45, 2.75) is 37.3 Å². The van der Waals surface area contributed by atoms with Crippen LogP contribution in [0.15, 0.2) is 0 Å². The first-order chi connectivity index (χ1) is 5.57. The molecule has 0 aliphatic carbocycles. The number of hydrogen-bond acceptors (Lipinski definition) is 5. The lowest BCUT2D eigenvalue weighted by molar-refractivity contribution is -0.116. The second-order valence-electron chi connectivity index (χ2n) is 3.22. The summed E-state index contributed by atoms with van der Waals surface area (Å²) in [6, 6.07) is -0.876. The molecule has 1 fully saturated rings.